The molecule has 1 aromatic carbocycles. The van der Waals surface area contributed by atoms with Crippen molar-refractivity contribution in [2.75, 3.05) is 0 Å². The van der Waals surface area contributed by atoms with Gasteiger partial charge >= 0.3 is 0 Å². The van der Waals surface area contributed by atoms with Gasteiger partial charge in [-0.25, -0.2) is 0 Å². The van der Waals surface area contributed by atoms with E-state index in [1.165, 1.54) is 4.90 Å². The van der Waals surface area contributed by atoms with Crippen LogP contribution in [0.25, 0.3) is 0 Å². The van der Waals surface area contributed by atoms with E-state index < -0.39 is 5.24 Å². The Balaban J connectivity index is 2.20. The van der Waals surface area contributed by atoms with E-state index in [4.69, 9.17) is 11.6 Å². The highest BCUT2D eigenvalue weighted by Gasteiger charge is 2.37. The molecule has 94 valence electrons. The van der Waals surface area contributed by atoms with Gasteiger partial charge in [-0.2, -0.15) is 0 Å². The minimum Gasteiger partial charge on any atom is -0.281 e. The molecular weight excluding hydrogens is 254 g/mol. The third kappa shape index (κ3) is 2.16. The van der Waals surface area contributed by atoms with E-state index in [0.717, 1.165) is 0 Å². The molecule has 0 radical (unpaired) electrons. The molecule has 0 spiro atoms. The standard InChI is InChI=1S/C13H12ClNO3/c1-8(6-7-11(14)16)15-12(17)9-4-2-3-5-10(9)13(15)18/h2-5,8H,6-7H2,1H3. The van der Waals surface area contributed by atoms with Crippen LogP contribution in [0.2, 0.25) is 0 Å². The number of rotatable bonds is 4. The van der Waals surface area contributed by atoms with Crippen molar-refractivity contribution in [1.82, 2.24) is 4.90 Å². The molecule has 0 saturated heterocycles. The molecule has 4 nitrogen and oxygen atoms in total. The summed E-state index contributed by atoms with van der Waals surface area (Å²) < 4.78 is 0. The molecule has 1 aliphatic heterocycles. The topological polar surface area (TPSA) is 54.5 Å². The number of benzene rings is 1. The highest BCUT2D eigenvalue weighted by atomic mass is 35.5. The molecule has 1 aromatic rings. The fourth-order valence-electron chi connectivity index (χ4n) is 2.06. The van der Waals surface area contributed by atoms with Crippen molar-refractivity contribution >= 4 is 28.7 Å². The summed E-state index contributed by atoms with van der Waals surface area (Å²) in [6, 6.07) is 6.38. The molecule has 2 rings (SSSR count). The van der Waals surface area contributed by atoms with E-state index in [1.807, 2.05) is 0 Å². The summed E-state index contributed by atoms with van der Waals surface area (Å²) in [7, 11) is 0. The molecule has 0 bridgehead atoms. The lowest BCUT2D eigenvalue weighted by Gasteiger charge is -2.21. The molecule has 1 heterocycles. The summed E-state index contributed by atoms with van der Waals surface area (Å²) in [4.78, 5) is 36.1. The fourth-order valence-corrected chi connectivity index (χ4v) is 2.17. The van der Waals surface area contributed by atoms with Gasteiger partial charge in [0.15, 0.2) is 0 Å². The van der Waals surface area contributed by atoms with Gasteiger partial charge in [0.2, 0.25) is 5.24 Å². The number of halogens is 1. The zero-order valence-electron chi connectivity index (χ0n) is 9.85. The van der Waals surface area contributed by atoms with Gasteiger partial charge < -0.3 is 0 Å². The molecule has 2 amide bonds. The Bertz CT molecular complexity index is 492. The van der Waals surface area contributed by atoms with Gasteiger partial charge in [0.1, 0.15) is 0 Å². The third-order valence-corrected chi connectivity index (χ3v) is 3.21. The normalized spacial score (nSPS) is 15.8. The van der Waals surface area contributed by atoms with Crippen LogP contribution in [0.4, 0.5) is 0 Å². The molecule has 0 aliphatic carbocycles. The lowest BCUT2D eigenvalue weighted by Crippen LogP contribution is -2.38. The van der Waals surface area contributed by atoms with E-state index in [1.54, 1.807) is 31.2 Å². The molecule has 1 atom stereocenters. The summed E-state index contributed by atoms with van der Waals surface area (Å²) >= 11 is 5.26. The molecule has 5 heteroatoms. The van der Waals surface area contributed by atoms with Crippen LogP contribution in [0.3, 0.4) is 0 Å². The van der Waals surface area contributed by atoms with Crippen molar-refractivity contribution in [2.24, 2.45) is 0 Å². The summed E-state index contributed by atoms with van der Waals surface area (Å²) in [5, 5.41) is -0.460. The predicted octanol–water partition coefficient (Wildman–Crippen LogP) is 2.22. The molecule has 0 fully saturated rings. The Morgan fingerprint density at radius 1 is 1.22 bits per heavy atom. The SMILES string of the molecule is CC(CCC(=O)Cl)N1C(=O)c2ccccc2C1=O. The van der Waals surface area contributed by atoms with Gasteiger partial charge in [-0.15, -0.1) is 0 Å². The molecule has 1 unspecified atom stereocenters. The number of nitrogens with zero attached hydrogens (tertiary/aromatic N) is 1. The molecule has 0 saturated carbocycles. The van der Waals surface area contributed by atoms with Crippen molar-refractivity contribution in [3.05, 3.63) is 35.4 Å². The van der Waals surface area contributed by atoms with Crippen LogP contribution in [0.1, 0.15) is 40.5 Å². The fraction of sp³-hybridized carbons (Fsp3) is 0.308. The number of hydrogen-bond donors (Lipinski definition) is 0. The van der Waals surface area contributed by atoms with E-state index in [2.05, 4.69) is 0 Å². The number of carbonyl (C=O) groups excluding carboxylic acids is 3. The maximum atomic E-state index is 12.1. The van der Waals surface area contributed by atoms with Crippen LogP contribution in [-0.4, -0.2) is 28.0 Å². The van der Waals surface area contributed by atoms with Crippen molar-refractivity contribution in [1.29, 1.82) is 0 Å². The summed E-state index contributed by atoms with van der Waals surface area (Å²) in [6.07, 6.45) is 0.532. The second-order valence-corrected chi connectivity index (χ2v) is 4.69. The average Bonchev–Trinajstić information content (AvgIpc) is 2.60. The van der Waals surface area contributed by atoms with E-state index in [9.17, 15) is 14.4 Å². The number of hydrogen-bond acceptors (Lipinski definition) is 3. The van der Waals surface area contributed by atoms with Gasteiger partial charge in [-0.1, -0.05) is 12.1 Å². The quantitative estimate of drug-likeness (QED) is 0.620. The number of imide groups is 1. The molecule has 18 heavy (non-hydrogen) atoms. The molecule has 1 aliphatic rings. The number of fused-ring (bicyclic) bond motifs is 1. The maximum absolute atomic E-state index is 12.1. The third-order valence-electron chi connectivity index (χ3n) is 3.02. The van der Waals surface area contributed by atoms with Gasteiger partial charge in [0.25, 0.3) is 11.8 Å². The zero-order valence-corrected chi connectivity index (χ0v) is 10.6. The number of carbonyl (C=O) groups is 3. The van der Waals surface area contributed by atoms with Crippen molar-refractivity contribution in [2.45, 2.75) is 25.8 Å². The monoisotopic (exact) mass is 265 g/mol. The van der Waals surface area contributed by atoms with E-state index in [-0.39, 0.29) is 24.3 Å². The van der Waals surface area contributed by atoms with Gasteiger partial charge in [0.05, 0.1) is 11.1 Å². The lowest BCUT2D eigenvalue weighted by atomic mass is 10.1. The second kappa shape index (κ2) is 4.90. The van der Waals surface area contributed by atoms with Crippen LogP contribution in [0, 0.1) is 0 Å². The van der Waals surface area contributed by atoms with Crippen molar-refractivity contribution < 1.29 is 14.4 Å². The van der Waals surface area contributed by atoms with Gasteiger partial charge in [-0.3, -0.25) is 19.3 Å². The van der Waals surface area contributed by atoms with E-state index >= 15 is 0 Å². The van der Waals surface area contributed by atoms with Crippen molar-refractivity contribution in [3.63, 3.8) is 0 Å². The molecular formula is C13H12ClNO3. The second-order valence-electron chi connectivity index (χ2n) is 4.27. The largest absolute Gasteiger partial charge is 0.281 e. The van der Waals surface area contributed by atoms with E-state index in [0.29, 0.717) is 17.5 Å². The summed E-state index contributed by atoms with van der Waals surface area (Å²) in [5.74, 6) is -0.602. The van der Waals surface area contributed by atoms with Crippen molar-refractivity contribution in [3.8, 4) is 0 Å². The maximum Gasteiger partial charge on any atom is 0.261 e. The zero-order chi connectivity index (χ0) is 13.3. The van der Waals surface area contributed by atoms with Crippen LogP contribution in [0.15, 0.2) is 24.3 Å². The average molecular weight is 266 g/mol. The summed E-state index contributed by atoms with van der Waals surface area (Å²) in [6.45, 7) is 1.74. The Hall–Kier alpha value is -1.68. The Labute approximate surface area is 110 Å². The highest BCUT2D eigenvalue weighted by Crippen LogP contribution is 2.25. The minimum atomic E-state index is -0.460. The van der Waals surface area contributed by atoms with Gasteiger partial charge in [-0.05, 0) is 37.1 Å². The lowest BCUT2D eigenvalue weighted by molar-refractivity contribution is -0.112. The minimum absolute atomic E-state index is 0.149. The van der Waals surface area contributed by atoms with Gasteiger partial charge in [0, 0.05) is 12.5 Å². The van der Waals surface area contributed by atoms with Crippen LogP contribution >= 0.6 is 11.6 Å². The Morgan fingerprint density at radius 3 is 2.17 bits per heavy atom. The Kier molecular flexibility index (Phi) is 3.48. The van der Waals surface area contributed by atoms with Crippen LogP contribution in [0.5, 0.6) is 0 Å². The number of amides is 2. The Morgan fingerprint density at radius 2 is 1.72 bits per heavy atom. The smallest absolute Gasteiger partial charge is 0.261 e. The predicted molar refractivity (Wildman–Crippen MR) is 66.5 cm³/mol. The molecule has 0 N–H and O–H groups in total. The first kappa shape index (κ1) is 12.8. The van der Waals surface area contributed by atoms with Crippen LogP contribution in [-0.2, 0) is 4.79 Å². The highest BCUT2D eigenvalue weighted by molar-refractivity contribution is 6.63. The first-order chi connectivity index (χ1) is 8.52. The first-order valence-electron chi connectivity index (χ1n) is 5.67. The van der Waals surface area contributed by atoms with Crippen LogP contribution < -0.4 is 0 Å². The summed E-state index contributed by atoms with van der Waals surface area (Å²) in [5.41, 5.74) is 0.845. The molecule has 0 aromatic heterocycles. The first-order valence-corrected chi connectivity index (χ1v) is 6.05.